The van der Waals surface area contributed by atoms with Crippen molar-refractivity contribution in [2.75, 3.05) is 27.3 Å². The summed E-state index contributed by atoms with van der Waals surface area (Å²) < 4.78 is 5.59. The SMILES string of the molecule is CNC(C(=O)N1[C@@H](C)CC[C@H]1c1nc2c(ccc3cc(C#Cc4ccc5c(ccc6[nH]c([C@@H]7CC[C@H](C)N7C)nc65)c4)ccc32)[nH]1)C1CCOCC1. The molecule has 0 spiro atoms. The van der Waals surface area contributed by atoms with E-state index < -0.39 is 0 Å². The van der Waals surface area contributed by atoms with Gasteiger partial charge in [0.25, 0.3) is 0 Å². The third-order valence-electron chi connectivity index (χ3n) is 12.2. The first-order valence-corrected chi connectivity index (χ1v) is 19.0. The van der Waals surface area contributed by atoms with Gasteiger partial charge in [0.15, 0.2) is 0 Å². The van der Waals surface area contributed by atoms with Gasteiger partial charge in [-0.15, -0.1) is 0 Å². The lowest BCUT2D eigenvalue weighted by atomic mass is 9.90. The van der Waals surface area contributed by atoms with Gasteiger partial charge in [0.05, 0.1) is 40.2 Å². The zero-order chi connectivity index (χ0) is 35.5. The van der Waals surface area contributed by atoms with Crippen molar-refractivity contribution in [3.8, 4) is 11.8 Å². The van der Waals surface area contributed by atoms with Crippen LogP contribution in [0.25, 0.3) is 43.6 Å². The van der Waals surface area contributed by atoms with Crippen LogP contribution in [0, 0.1) is 17.8 Å². The number of likely N-dealkylation sites (N-methyl/N-ethyl adjacent to an activating group) is 1. The van der Waals surface area contributed by atoms with Gasteiger partial charge in [-0.05, 0) is 120 Å². The highest BCUT2D eigenvalue weighted by molar-refractivity contribution is 6.05. The molecule has 3 aliphatic rings. The Morgan fingerprint density at radius 3 is 1.88 bits per heavy atom. The van der Waals surface area contributed by atoms with Crippen molar-refractivity contribution in [3.63, 3.8) is 0 Å². The van der Waals surface area contributed by atoms with Gasteiger partial charge in [0.2, 0.25) is 5.91 Å². The molecule has 6 aromatic rings. The Balaban J connectivity index is 0.967. The third-order valence-corrected chi connectivity index (χ3v) is 12.2. The van der Waals surface area contributed by atoms with Crippen LogP contribution < -0.4 is 5.32 Å². The molecule has 3 aliphatic heterocycles. The van der Waals surface area contributed by atoms with Crippen LogP contribution in [-0.2, 0) is 9.53 Å². The molecule has 1 unspecified atom stereocenters. The van der Waals surface area contributed by atoms with Crippen LogP contribution in [0.2, 0.25) is 0 Å². The van der Waals surface area contributed by atoms with Crippen LogP contribution in [0.3, 0.4) is 0 Å². The molecule has 9 heteroatoms. The van der Waals surface area contributed by atoms with E-state index in [-0.39, 0.29) is 30.0 Å². The van der Waals surface area contributed by atoms with E-state index in [1.807, 2.05) is 7.05 Å². The van der Waals surface area contributed by atoms with E-state index in [0.29, 0.717) is 12.1 Å². The number of carbonyl (C=O) groups is 1. The Labute approximate surface area is 304 Å². The van der Waals surface area contributed by atoms with Crippen molar-refractivity contribution in [1.29, 1.82) is 0 Å². The Morgan fingerprint density at radius 2 is 1.33 bits per heavy atom. The number of nitrogens with zero attached hydrogens (tertiary/aromatic N) is 4. The molecule has 3 saturated heterocycles. The van der Waals surface area contributed by atoms with E-state index in [1.54, 1.807) is 0 Å². The second-order valence-electron chi connectivity index (χ2n) is 15.3. The molecule has 9 nitrogen and oxygen atoms in total. The number of benzene rings is 4. The lowest BCUT2D eigenvalue weighted by Gasteiger charge is -2.35. The molecule has 266 valence electrons. The van der Waals surface area contributed by atoms with Crippen molar-refractivity contribution in [2.24, 2.45) is 5.92 Å². The van der Waals surface area contributed by atoms with Crippen molar-refractivity contribution in [2.45, 2.75) is 82.6 Å². The minimum Gasteiger partial charge on any atom is -0.381 e. The number of hydrogen-bond donors (Lipinski definition) is 3. The first-order chi connectivity index (χ1) is 25.4. The summed E-state index contributed by atoms with van der Waals surface area (Å²) in [4.78, 5) is 36.0. The molecule has 1 amide bonds. The van der Waals surface area contributed by atoms with E-state index in [4.69, 9.17) is 14.7 Å². The highest BCUT2D eigenvalue weighted by atomic mass is 16.5. The number of H-pyrrole nitrogens is 2. The molecule has 0 bridgehead atoms. The maximum Gasteiger partial charge on any atom is 0.240 e. The summed E-state index contributed by atoms with van der Waals surface area (Å²) in [5.41, 5.74) is 5.97. The maximum absolute atomic E-state index is 14.0. The molecular formula is C43H47N7O2. The van der Waals surface area contributed by atoms with Gasteiger partial charge in [0, 0.05) is 47.2 Å². The Morgan fingerprint density at radius 1 is 0.769 bits per heavy atom. The van der Waals surface area contributed by atoms with Crippen LogP contribution in [0.4, 0.5) is 0 Å². The van der Waals surface area contributed by atoms with Gasteiger partial charge in [-0.3, -0.25) is 9.69 Å². The second kappa shape index (κ2) is 13.3. The summed E-state index contributed by atoms with van der Waals surface area (Å²) in [5, 5.41) is 7.81. The lowest BCUT2D eigenvalue weighted by molar-refractivity contribution is -0.138. The number of likely N-dealkylation sites (tertiary alicyclic amines) is 2. The molecular weight excluding hydrogens is 647 g/mol. The minimum absolute atomic E-state index is 0.0725. The lowest BCUT2D eigenvalue weighted by Crippen LogP contribution is -2.52. The first kappa shape index (κ1) is 33.1. The summed E-state index contributed by atoms with van der Waals surface area (Å²) in [6.45, 7) is 5.89. The summed E-state index contributed by atoms with van der Waals surface area (Å²) in [6.07, 6.45) is 6.00. The summed E-state index contributed by atoms with van der Waals surface area (Å²) in [7, 11) is 4.11. The molecule has 0 aliphatic carbocycles. The smallest absolute Gasteiger partial charge is 0.240 e. The molecule has 52 heavy (non-hydrogen) atoms. The number of aromatic amines is 2. The van der Waals surface area contributed by atoms with E-state index in [1.165, 1.54) is 6.42 Å². The molecule has 5 heterocycles. The van der Waals surface area contributed by atoms with E-state index in [9.17, 15) is 4.79 Å². The first-order valence-electron chi connectivity index (χ1n) is 19.0. The summed E-state index contributed by atoms with van der Waals surface area (Å²) in [6, 6.07) is 22.1. The van der Waals surface area contributed by atoms with E-state index >= 15 is 0 Å². The van der Waals surface area contributed by atoms with Gasteiger partial charge in [-0.25, -0.2) is 9.97 Å². The van der Waals surface area contributed by atoms with Gasteiger partial charge in [0.1, 0.15) is 11.6 Å². The fraction of sp³-hybridized carbons (Fsp3) is 0.419. The fourth-order valence-electron chi connectivity index (χ4n) is 9.10. The number of amides is 1. The molecule has 3 fully saturated rings. The quantitative estimate of drug-likeness (QED) is 0.163. The zero-order valence-corrected chi connectivity index (χ0v) is 30.5. The third kappa shape index (κ3) is 5.74. The number of carbonyl (C=O) groups excluding carboxylic acids is 1. The topological polar surface area (TPSA) is 102 Å². The van der Waals surface area contributed by atoms with Gasteiger partial charge >= 0.3 is 0 Å². The van der Waals surface area contributed by atoms with Gasteiger partial charge < -0.3 is 24.9 Å². The average Bonchev–Trinajstić information content (AvgIpc) is 3.96. The number of ether oxygens (including phenoxy) is 1. The summed E-state index contributed by atoms with van der Waals surface area (Å²) in [5.74, 6) is 9.20. The van der Waals surface area contributed by atoms with Crippen molar-refractivity contribution in [1.82, 2.24) is 35.1 Å². The normalized spacial score (nSPS) is 23.6. The molecule has 2 aromatic heterocycles. The monoisotopic (exact) mass is 693 g/mol. The molecule has 9 rings (SSSR count). The molecule has 0 saturated carbocycles. The van der Waals surface area contributed by atoms with E-state index in [2.05, 4.69) is 118 Å². The van der Waals surface area contributed by atoms with Crippen LogP contribution >= 0.6 is 0 Å². The Bertz CT molecular complexity index is 2380. The second-order valence-corrected chi connectivity index (χ2v) is 15.3. The molecule has 3 N–H and O–H groups in total. The highest BCUT2D eigenvalue weighted by Gasteiger charge is 2.42. The van der Waals surface area contributed by atoms with Crippen LogP contribution in [-0.4, -0.2) is 81.1 Å². The molecule has 4 aromatic carbocycles. The Hall–Kier alpha value is -4.75. The molecule has 5 atom stereocenters. The average molecular weight is 694 g/mol. The van der Waals surface area contributed by atoms with Crippen molar-refractivity contribution in [3.05, 3.63) is 83.4 Å². The molecule has 0 radical (unpaired) electrons. The van der Waals surface area contributed by atoms with Crippen molar-refractivity contribution < 1.29 is 9.53 Å². The van der Waals surface area contributed by atoms with Gasteiger partial charge in [-0.2, -0.15) is 0 Å². The number of rotatable bonds is 5. The number of fused-ring (bicyclic) bond motifs is 6. The standard InChI is InChI=1S/C43H47N7O2/c1-25-5-17-36(49(25)4)41-45-34-15-11-30-23-27(9-13-32(30)39(34)47-41)7-8-28-10-14-33-31(24-28)12-16-35-40(33)48-42(46-35)37-18-6-26(2)50(37)43(51)38(44-3)29-19-21-52-22-20-29/h9-16,23-26,29,36-38,44H,5-6,17-22H2,1-4H3,(H,45,47)(H,46,48)/t25-,26-,36-,37-,38?/m0/s1. The van der Waals surface area contributed by atoms with Gasteiger partial charge in [-0.1, -0.05) is 36.1 Å². The maximum atomic E-state index is 14.0. The number of hydrogen-bond acceptors (Lipinski definition) is 6. The predicted molar refractivity (Wildman–Crippen MR) is 207 cm³/mol. The summed E-state index contributed by atoms with van der Waals surface area (Å²) >= 11 is 0. The minimum atomic E-state index is -0.209. The van der Waals surface area contributed by atoms with Crippen LogP contribution in [0.5, 0.6) is 0 Å². The fourth-order valence-corrected chi connectivity index (χ4v) is 9.10. The Kier molecular flexibility index (Phi) is 8.50. The van der Waals surface area contributed by atoms with Crippen LogP contribution in [0.15, 0.2) is 60.7 Å². The van der Waals surface area contributed by atoms with Crippen LogP contribution in [0.1, 0.15) is 87.2 Å². The number of aromatic nitrogens is 4. The van der Waals surface area contributed by atoms with Crippen molar-refractivity contribution >= 4 is 49.5 Å². The number of imidazole rings is 2. The number of nitrogens with one attached hydrogen (secondary N) is 3. The zero-order valence-electron chi connectivity index (χ0n) is 30.5. The van der Waals surface area contributed by atoms with E-state index in [0.717, 1.165) is 112 Å². The largest absolute Gasteiger partial charge is 0.381 e. The predicted octanol–water partition coefficient (Wildman–Crippen LogP) is 7.37. The highest BCUT2D eigenvalue weighted by Crippen LogP contribution is 2.39.